The average molecular weight is 230 g/mol. The third-order valence-electron chi connectivity index (χ3n) is 2.21. The van der Waals surface area contributed by atoms with Crippen LogP contribution in [0.5, 0.6) is 0 Å². The number of hydrogen-bond acceptors (Lipinski definition) is 4. The fourth-order valence-electron chi connectivity index (χ4n) is 1.50. The monoisotopic (exact) mass is 230 g/mol. The van der Waals surface area contributed by atoms with Crippen LogP contribution in [0.1, 0.15) is 27.2 Å². The summed E-state index contributed by atoms with van der Waals surface area (Å²) >= 11 is 0. The summed E-state index contributed by atoms with van der Waals surface area (Å²) in [6.45, 7) is 5.84. The molecule has 0 fully saturated rings. The van der Waals surface area contributed by atoms with E-state index in [1.54, 1.807) is 11.9 Å². The van der Waals surface area contributed by atoms with Crippen molar-refractivity contribution < 1.29 is 9.59 Å². The molecule has 0 aliphatic heterocycles. The van der Waals surface area contributed by atoms with Crippen LogP contribution in [-0.4, -0.2) is 42.4 Å². The van der Waals surface area contributed by atoms with E-state index in [0.29, 0.717) is 6.42 Å². The molecule has 0 aliphatic carbocycles. The van der Waals surface area contributed by atoms with Crippen LogP contribution in [0.2, 0.25) is 0 Å². The first-order chi connectivity index (χ1) is 7.42. The van der Waals surface area contributed by atoms with Crippen molar-refractivity contribution in [1.29, 1.82) is 0 Å². The molecular weight excluding hydrogens is 208 g/mol. The molecule has 0 rings (SSSR count). The third-order valence-corrected chi connectivity index (χ3v) is 2.21. The van der Waals surface area contributed by atoms with E-state index in [1.165, 1.54) is 0 Å². The second-order valence-electron chi connectivity index (χ2n) is 4.07. The highest BCUT2D eigenvalue weighted by Crippen LogP contribution is 2.01. The van der Waals surface area contributed by atoms with Crippen LogP contribution in [-0.2, 0) is 9.59 Å². The van der Waals surface area contributed by atoms with Gasteiger partial charge in [-0.15, -0.1) is 0 Å². The summed E-state index contributed by atoms with van der Waals surface area (Å²) in [5.41, 5.74) is 2.10. The van der Waals surface area contributed by atoms with Gasteiger partial charge in [0, 0.05) is 6.04 Å². The van der Waals surface area contributed by atoms with Crippen molar-refractivity contribution in [3.05, 3.63) is 0 Å². The lowest BCUT2D eigenvalue weighted by atomic mass is 10.2. The Hall–Kier alpha value is -1.14. The SMILES string of the molecule is CCC(C(=O)NN)N(C)CC(=O)NC(C)C. The van der Waals surface area contributed by atoms with Gasteiger partial charge in [0.2, 0.25) is 5.91 Å². The summed E-state index contributed by atoms with van der Waals surface area (Å²) in [4.78, 5) is 24.5. The molecule has 1 unspecified atom stereocenters. The van der Waals surface area contributed by atoms with Crippen molar-refractivity contribution in [2.45, 2.75) is 39.3 Å². The number of nitrogens with one attached hydrogen (secondary N) is 2. The van der Waals surface area contributed by atoms with Gasteiger partial charge in [0.25, 0.3) is 5.91 Å². The van der Waals surface area contributed by atoms with E-state index in [4.69, 9.17) is 5.84 Å². The van der Waals surface area contributed by atoms with E-state index < -0.39 is 0 Å². The highest BCUT2D eigenvalue weighted by atomic mass is 16.2. The van der Waals surface area contributed by atoms with E-state index >= 15 is 0 Å². The normalized spacial score (nSPS) is 12.7. The Kier molecular flexibility index (Phi) is 6.67. The molecular formula is C10H22N4O2. The highest BCUT2D eigenvalue weighted by molar-refractivity contribution is 5.83. The molecule has 0 aromatic rings. The molecule has 0 spiro atoms. The molecule has 0 saturated heterocycles. The molecule has 6 nitrogen and oxygen atoms in total. The summed E-state index contributed by atoms with van der Waals surface area (Å²) in [5, 5.41) is 2.77. The Morgan fingerprint density at radius 2 is 1.94 bits per heavy atom. The van der Waals surface area contributed by atoms with Gasteiger partial charge in [0.15, 0.2) is 0 Å². The molecule has 0 radical (unpaired) electrons. The Morgan fingerprint density at radius 1 is 1.38 bits per heavy atom. The van der Waals surface area contributed by atoms with Crippen LogP contribution >= 0.6 is 0 Å². The Labute approximate surface area is 96.5 Å². The summed E-state index contributed by atoms with van der Waals surface area (Å²) in [6.07, 6.45) is 0.606. The first-order valence-corrected chi connectivity index (χ1v) is 5.42. The molecule has 6 heteroatoms. The maximum Gasteiger partial charge on any atom is 0.251 e. The van der Waals surface area contributed by atoms with Crippen molar-refractivity contribution in [1.82, 2.24) is 15.6 Å². The highest BCUT2D eigenvalue weighted by Gasteiger charge is 2.22. The van der Waals surface area contributed by atoms with Crippen molar-refractivity contribution in [3.63, 3.8) is 0 Å². The van der Waals surface area contributed by atoms with Crippen LogP contribution in [0, 0.1) is 0 Å². The zero-order valence-electron chi connectivity index (χ0n) is 10.4. The van der Waals surface area contributed by atoms with Gasteiger partial charge in [0.1, 0.15) is 0 Å². The van der Waals surface area contributed by atoms with E-state index in [2.05, 4.69) is 10.7 Å². The quantitative estimate of drug-likeness (QED) is 0.317. The zero-order valence-corrected chi connectivity index (χ0v) is 10.4. The number of nitrogens with two attached hydrogens (primary N) is 1. The summed E-state index contributed by atoms with van der Waals surface area (Å²) < 4.78 is 0. The van der Waals surface area contributed by atoms with Crippen molar-refractivity contribution in [2.75, 3.05) is 13.6 Å². The van der Waals surface area contributed by atoms with Crippen LogP contribution in [0.4, 0.5) is 0 Å². The first-order valence-electron chi connectivity index (χ1n) is 5.42. The van der Waals surface area contributed by atoms with Gasteiger partial charge < -0.3 is 5.32 Å². The molecule has 2 amide bonds. The third kappa shape index (κ3) is 5.09. The van der Waals surface area contributed by atoms with E-state index in [0.717, 1.165) is 0 Å². The summed E-state index contributed by atoms with van der Waals surface area (Å²) in [6, 6.07) is -0.271. The number of hydrogen-bond donors (Lipinski definition) is 3. The number of carbonyl (C=O) groups is 2. The molecule has 0 aromatic carbocycles. The van der Waals surface area contributed by atoms with Gasteiger partial charge in [-0.3, -0.25) is 19.9 Å². The van der Waals surface area contributed by atoms with Gasteiger partial charge in [-0.1, -0.05) is 6.92 Å². The molecule has 0 heterocycles. The number of amides is 2. The maximum absolute atomic E-state index is 11.5. The van der Waals surface area contributed by atoms with Crippen molar-refractivity contribution in [2.24, 2.45) is 5.84 Å². The Bertz CT molecular complexity index is 243. The second kappa shape index (κ2) is 7.19. The molecule has 94 valence electrons. The van der Waals surface area contributed by atoms with E-state index in [1.807, 2.05) is 20.8 Å². The predicted octanol–water partition coefficient (Wildman–Crippen LogP) is -0.789. The molecule has 0 bridgehead atoms. The Balaban J connectivity index is 4.25. The number of likely N-dealkylation sites (N-methyl/N-ethyl adjacent to an activating group) is 1. The van der Waals surface area contributed by atoms with Gasteiger partial charge in [-0.2, -0.15) is 0 Å². The maximum atomic E-state index is 11.5. The molecule has 1 atom stereocenters. The van der Waals surface area contributed by atoms with Crippen LogP contribution in [0.25, 0.3) is 0 Å². The molecule has 0 aromatic heterocycles. The standard InChI is InChI=1S/C10H22N4O2/c1-5-8(10(16)13-11)14(4)6-9(15)12-7(2)3/h7-8H,5-6,11H2,1-4H3,(H,12,15)(H,13,16). The summed E-state index contributed by atoms with van der Waals surface area (Å²) in [7, 11) is 1.73. The number of carbonyl (C=O) groups excluding carboxylic acids is 2. The minimum Gasteiger partial charge on any atom is -0.353 e. The van der Waals surface area contributed by atoms with E-state index in [-0.39, 0.29) is 30.4 Å². The van der Waals surface area contributed by atoms with Crippen LogP contribution in [0.3, 0.4) is 0 Å². The smallest absolute Gasteiger partial charge is 0.251 e. The summed E-state index contributed by atoms with van der Waals surface area (Å²) in [5.74, 6) is 4.70. The number of rotatable bonds is 6. The van der Waals surface area contributed by atoms with Crippen LogP contribution in [0.15, 0.2) is 0 Å². The lowest BCUT2D eigenvalue weighted by molar-refractivity contribution is -0.128. The minimum atomic E-state index is -0.372. The van der Waals surface area contributed by atoms with Gasteiger partial charge >= 0.3 is 0 Å². The van der Waals surface area contributed by atoms with Gasteiger partial charge in [-0.25, -0.2) is 5.84 Å². The Morgan fingerprint density at radius 3 is 2.31 bits per heavy atom. The second-order valence-corrected chi connectivity index (χ2v) is 4.07. The lowest BCUT2D eigenvalue weighted by Gasteiger charge is -2.25. The van der Waals surface area contributed by atoms with Gasteiger partial charge in [0.05, 0.1) is 12.6 Å². The first kappa shape index (κ1) is 14.9. The fraction of sp³-hybridized carbons (Fsp3) is 0.800. The zero-order chi connectivity index (χ0) is 12.7. The molecule has 16 heavy (non-hydrogen) atoms. The molecule has 0 aliphatic rings. The largest absolute Gasteiger partial charge is 0.353 e. The lowest BCUT2D eigenvalue weighted by Crippen LogP contribution is -2.50. The number of nitrogens with zero attached hydrogens (tertiary/aromatic N) is 1. The minimum absolute atomic E-state index is 0.0965. The number of hydrazine groups is 1. The van der Waals surface area contributed by atoms with Gasteiger partial charge in [-0.05, 0) is 27.3 Å². The van der Waals surface area contributed by atoms with E-state index in [9.17, 15) is 9.59 Å². The predicted molar refractivity (Wildman–Crippen MR) is 62.3 cm³/mol. The van der Waals surface area contributed by atoms with Crippen LogP contribution < -0.4 is 16.6 Å². The topological polar surface area (TPSA) is 87.5 Å². The molecule has 0 saturated carbocycles. The molecule has 4 N–H and O–H groups in total. The van der Waals surface area contributed by atoms with Crippen molar-refractivity contribution >= 4 is 11.8 Å². The van der Waals surface area contributed by atoms with Crippen molar-refractivity contribution in [3.8, 4) is 0 Å². The fourth-order valence-corrected chi connectivity index (χ4v) is 1.50. The average Bonchev–Trinajstić information content (AvgIpc) is 2.16.